The Morgan fingerprint density at radius 3 is 1.89 bits per heavy atom. The molecule has 0 aliphatic carbocycles. The molecule has 0 rings (SSSR count). The average molecular weight is 176 g/mol. The van der Waals surface area contributed by atoms with Crippen molar-refractivity contribution in [1.82, 2.24) is 0 Å². The van der Waals surface area contributed by atoms with Gasteiger partial charge in [-0.2, -0.15) is 0 Å². The second-order valence-corrected chi connectivity index (χ2v) is 2.82. The largest absolute Gasteiger partial charge is 0.480 e. The van der Waals surface area contributed by atoms with E-state index in [-0.39, 0.29) is 12.4 Å². The highest BCUT2D eigenvalue weighted by atomic mass is 35.5. The number of sulfonamides is 1. The van der Waals surface area contributed by atoms with Gasteiger partial charge in [-0.1, -0.05) is 0 Å². The van der Waals surface area contributed by atoms with Gasteiger partial charge in [0.15, 0.2) is 5.75 Å². The Labute approximate surface area is 58.3 Å². The molecule has 0 aromatic heterocycles. The van der Waals surface area contributed by atoms with Crippen LogP contribution in [0.1, 0.15) is 0 Å². The number of hydrogen-bond donors (Lipinski definition) is 2. The van der Waals surface area contributed by atoms with Crippen molar-refractivity contribution in [3.8, 4) is 0 Å². The molecule has 0 amide bonds. The third kappa shape index (κ3) is 11.3. The number of aliphatic carboxylic acids is 1. The summed E-state index contributed by atoms with van der Waals surface area (Å²) < 4.78 is 19.7. The third-order valence-corrected chi connectivity index (χ3v) is 0.974. The third-order valence-electron chi connectivity index (χ3n) is 0.325. The molecule has 0 aromatic rings. The quantitative estimate of drug-likeness (QED) is 0.550. The van der Waals surface area contributed by atoms with E-state index in [1.807, 2.05) is 0 Å². The van der Waals surface area contributed by atoms with Gasteiger partial charge in [0.1, 0.15) is 0 Å². The summed E-state index contributed by atoms with van der Waals surface area (Å²) in [5, 5.41) is 12.1. The van der Waals surface area contributed by atoms with Crippen LogP contribution in [0.2, 0.25) is 0 Å². The van der Waals surface area contributed by atoms with E-state index in [1.165, 1.54) is 0 Å². The van der Waals surface area contributed by atoms with Gasteiger partial charge in [0.05, 0.1) is 0 Å². The zero-order chi connectivity index (χ0) is 6.78. The van der Waals surface area contributed by atoms with Crippen LogP contribution in [0.15, 0.2) is 0 Å². The smallest absolute Gasteiger partial charge is 0.320 e. The van der Waals surface area contributed by atoms with Crippen LogP contribution in [0.5, 0.6) is 0 Å². The topological polar surface area (TPSA) is 97.5 Å². The molecule has 0 bridgehead atoms. The van der Waals surface area contributed by atoms with Crippen LogP contribution >= 0.6 is 12.4 Å². The predicted octanol–water partition coefficient (Wildman–Crippen LogP) is -1.22. The minimum atomic E-state index is -3.82. The number of carbonyl (C=O) groups is 1. The highest BCUT2D eigenvalue weighted by Gasteiger charge is 2.07. The van der Waals surface area contributed by atoms with Crippen molar-refractivity contribution in [2.24, 2.45) is 5.14 Å². The van der Waals surface area contributed by atoms with Gasteiger partial charge in [-0.25, -0.2) is 13.6 Å². The van der Waals surface area contributed by atoms with Gasteiger partial charge in [-0.3, -0.25) is 4.79 Å². The molecule has 0 radical (unpaired) electrons. The van der Waals surface area contributed by atoms with Crippen LogP contribution in [0.4, 0.5) is 0 Å². The maximum absolute atomic E-state index is 9.84. The molecule has 5 nitrogen and oxygen atoms in total. The van der Waals surface area contributed by atoms with Gasteiger partial charge in [0.2, 0.25) is 10.0 Å². The molecule has 0 aliphatic heterocycles. The summed E-state index contributed by atoms with van der Waals surface area (Å²) in [7, 11) is -3.82. The maximum Gasteiger partial charge on any atom is 0.320 e. The predicted molar refractivity (Wildman–Crippen MR) is 32.9 cm³/mol. The number of carboxylic acids is 1. The summed E-state index contributed by atoms with van der Waals surface area (Å²) in [6.45, 7) is 0. The van der Waals surface area contributed by atoms with Gasteiger partial charge in [-0.05, 0) is 0 Å². The van der Waals surface area contributed by atoms with Crippen LogP contribution in [0.25, 0.3) is 0 Å². The number of halogens is 1. The average Bonchev–Trinajstić information content (AvgIpc) is 1.21. The van der Waals surface area contributed by atoms with Crippen molar-refractivity contribution < 1.29 is 18.3 Å². The number of rotatable bonds is 2. The number of primary sulfonamides is 1. The zero-order valence-electron chi connectivity index (χ0n) is 4.27. The van der Waals surface area contributed by atoms with Crippen LogP contribution in [-0.4, -0.2) is 25.2 Å². The lowest BCUT2D eigenvalue weighted by Crippen LogP contribution is -2.22. The number of nitrogens with two attached hydrogens (primary N) is 1. The van der Waals surface area contributed by atoms with Crippen molar-refractivity contribution in [2.75, 3.05) is 5.75 Å². The number of hydrogen-bond acceptors (Lipinski definition) is 3. The van der Waals surface area contributed by atoms with E-state index in [1.54, 1.807) is 0 Å². The summed E-state index contributed by atoms with van der Waals surface area (Å²) in [5.41, 5.74) is 0. The Kier molecular flexibility index (Phi) is 4.65. The monoisotopic (exact) mass is 175 g/mol. The fourth-order valence-corrected chi connectivity index (χ4v) is 0.516. The maximum atomic E-state index is 9.84. The van der Waals surface area contributed by atoms with Gasteiger partial charge in [0.25, 0.3) is 0 Å². The van der Waals surface area contributed by atoms with E-state index in [0.29, 0.717) is 0 Å². The molecule has 9 heavy (non-hydrogen) atoms. The van der Waals surface area contributed by atoms with E-state index in [4.69, 9.17) is 5.11 Å². The first-order valence-corrected chi connectivity index (χ1v) is 3.35. The fourth-order valence-electron chi connectivity index (χ4n) is 0.172. The Morgan fingerprint density at radius 1 is 1.56 bits per heavy atom. The van der Waals surface area contributed by atoms with Gasteiger partial charge < -0.3 is 5.11 Å². The second-order valence-electron chi connectivity index (χ2n) is 1.20. The Morgan fingerprint density at radius 2 is 1.89 bits per heavy atom. The van der Waals surface area contributed by atoms with Gasteiger partial charge in [0, 0.05) is 0 Å². The highest BCUT2D eigenvalue weighted by molar-refractivity contribution is 7.89. The Balaban J connectivity index is 0. The fraction of sp³-hybridized carbons (Fsp3) is 0.500. The summed E-state index contributed by atoms with van der Waals surface area (Å²) in [6, 6.07) is 0. The van der Waals surface area contributed by atoms with Gasteiger partial charge in [-0.15, -0.1) is 12.4 Å². The van der Waals surface area contributed by atoms with E-state index < -0.39 is 21.7 Å². The van der Waals surface area contributed by atoms with Gasteiger partial charge >= 0.3 is 5.97 Å². The molecule has 0 fully saturated rings. The molecule has 0 unspecified atom stereocenters. The lowest BCUT2D eigenvalue weighted by molar-refractivity contribution is -0.134. The lowest BCUT2D eigenvalue weighted by Gasteiger charge is -1.86. The van der Waals surface area contributed by atoms with Crippen LogP contribution in [0, 0.1) is 0 Å². The molecular formula is C2H6ClNO4S. The number of carboxylic acid groups (broad SMARTS) is 1. The van der Waals surface area contributed by atoms with Crippen LogP contribution < -0.4 is 5.14 Å². The first-order valence-electron chi connectivity index (χ1n) is 1.64. The van der Waals surface area contributed by atoms with Crippen molar-refractivity contribution in [1.29, 1.82) is 0 Å². The van der Waals surface area contributed by atoms with Crippen LogP contribution in [0.3, 0.4) is 0 Å². The molecule has 0 aromatic carbocycles. The molecule has 0 heterocycles. The molecular weight excluding hydrogens is 170 g/mol. The summed E-state index contributed by atoms with van der Waals surface area (Å²) >= 11 is 0. The van der Waals surface area contributed by atoms with Crippen molar-refractivity contribution in [2.45, 2.75) is 0 Å². The van der Waals surface area contributed by atoms with E-state index >= 15 is 0 Å². The Hall–Kier alpha value is -0.330. The van der Waals surface area contributed by atoms with E-state index in [0.717, 1.165) is 0 Å². The molecule has 0 atom stereocenters. The zero-order valence-corrected chi connectivity index (χ0v) is 5.91. The highest BCUT2D eigenvalue weighted by Crippen LogP contribution is 1.73. The summed E-state index contributed by atoms with van der Waals surface area (Å²) in [5.74, 6) is -2.44. The van der Waals surface area contributed by atoms with E-state index in [9.17, 15) is 13.2 Å². The molecule has 0 saturated heterocycles. The van der Waals surface area contributed by atoms with Crippen molar-refractivity contribution in [3.63, 3.8) is 0 Å². The normalized spacial score (nSPS) is 9.89. The molecule has 0 aliphatic rings. The first-order chi connectivity index (χ1) is 3.42. The molecule has 0 saturated carbocycles. The van der Waals surface area contributed by atoms with Crippen LogP contribution in [-0.2, 0) is 14.8 Å². The van der Waals surface area contributed by atoms with Crippen molar-refractivity contribution >= 4 is 28.4 Å². The first kappa shape index (κ1) is 11.5. The standard InChI is InChI=1S/C2H5NO4S.ClH/c3-8(6,7)1-2(4)5;/h1H2,(H,4,5)(H2,3,6,7);1H. The molecule has 0 spiro atoms. The van der Waals surface area contributed by atoms with E-state index in [2.05, 4.69) is 5.14 Å². The SMILES string of the molecule is Cl.NS(=O)(=O)CC(=O)O. The lowest BCUT2D eigenvalue weighted by atomic mass is 10.8. The molecule has 56 valence electrons. The minimum Gasteiger partial charge on any atom is -0.480 e. The molecule has 3 N–H and O–H groups in total. The Bertz CT molecular complexity index is 185. The summed E-state index contributed by atoms with van der Waals surface area (Å²) in [6.07, 6.45) is 0. The minimum absolute atomic E-state index is 0. The molecule has 7 heteroatoms. The summed E-state index contributed by atoms with van der Waals surface area (Å²) in [4.78, 5) is 9.56. The van der Waals surface area contributed by atoms with Crippen molar-refractivity contribution in [3.05, 3.63) is 0 Å². The second kappa shape index (κ2) is 3.65.